The molecule has 2 fully saturated rings. The first-order valence-electron chi connectivity index (χ1n) is 20.2. The maximum atomic E-state index is 12.9. The number of ether oxygens (including phenoxy) is 1. The van der Waals surface area contributed by atoms with E-state index in [-0.39, 0.29) is 49.6 Å². The van der Waals surface area contributed by atoms with Gasteiger partial charge in [-0.3, -0.25) is 23.8 Å². The van der Waals surface area contributed by atoms with Crippen molar-refractivity contribution in [2.75, 3.05) is 32.5 Å². The van der Waals surface area contributed by atoms with Gasteiger partial charge in [0.05, 0.1) is 25.4 Å². The van der Waals surface area contributed by atoms with Crippen LogP contribution in [0.1, 0.15) is 94.7 Å². The van der Waals surface area contributed by atoms with Gasteiger partial charge in [0.15, 0.2) is 0 Å². The summed E-state index contributed by atoms with van der Waals surface area (Å²) in [5.41, 5.74) is 3.39. The Hall–Kier alpha value is -4.35. The smallest absolute Gasteiger partial charge is 0.331 e. The van der Waals surface area contributed by atoms with Gasteiger partial charge in [0.2, 0.25) is 11.8 Å². The molecule has 5 rings (SSSR count). The predicted molar refractivity (Wildman–Crippen MR) is 220 cm³/mol. The Morgan fingerprint density at radius 3 is 1.86 bits per heavy atom. The van der Waals surface area contributed by atoms with E-state index in [1.54, 1.807) is 20.8 Å². The van der Waals surface area contributed by atoms with Crippen LogP contribution < -0.4 is 10.6 Å². The Bertz CT molecular complexity index is 1740. The molecule has 6 atom stereocenters. The van der Waals surface area contributed by atoms with Crippen molar-refractivity contribution in [1.82, 2.24) is 15.5 Å². The van der Waals surface area contributed by atoms with Crippen LogP contribution in [0.2, 0.25) is 0 Å². The molecule has 13 heteroatoms. The number of nitrogens with one attached hydrogen (secondary N) is 2. The molecular formula is C44H60N3O9P. The summed E-state index contributed by atoms with van der Waals surface area (Å²) < 4.78 is 28.9. The number of piperidine rings is 1. The quantitative estimate of drug-likeness (QED) is 0.0934. The molecule has 2 aliphatic rings. The lowest BCUT2D eigenvalue weighted by Gasteiger charge is -2.39. The Morgan fingerprint density at radius 2 is 1.30 bits per heavy atom. The summed E-state index contributed by atoms with van der Waals surface area (Å²) >= 11 is 0. The fourth-order valence-electron chi connectivity index (χ4n) is 7.46. The SMILES string of the molecule is CCOP(=O)(CCN1CC[C@H](c2ccccc2)C[C@@H]1C(=O)N[C@@H](C)C(=O)O)OCC.C[C@H](NC(=O)[C@@H]1CCC[C@H](c2ccccc2)C1)C(=O)OCc1ccccc1. The fourth-order valence-corrected chi connectivity index (χ4v) is 9.09. The average molecular weight is 806 g/mol. The second-order valence-corrected chi connectivity index (χ2v) is 16.9. The summed E-state index contributed by atoms with van der Waals surface area (Å²) in [7, 11) is -3.23. The molecule has 3 aromatic rings. The molecule has 310 valence electrons. The average Bonchev–Trinajstić information content (AvgIpc) is 3.23. The molecule has 1 heterocycles. The first-order valence-corrected chi connectivity index (χ1v) is 21.9. The third-order valence-electron chi connectivity index (χ3n) is 10.6. The highest BCUT2D eigenvalue weighted by Gasteiger charge is 2.37. The maximum absolute atomic E-state index is 12.9. The molecule has 12 nitrogen and oxygen atoms in total. The van der Waals surface area contributed by atoms with Gasteiger partial charge in [0.1, 0.15) is 18.7 Å². The van der Waals surface area contributed by atoms with Crippen molar-refractivity contribution in [3.8, 4) is 0 Å². The van der Waals surface area contributed by atoms with Gasteiger partial charge in [-0.05, 0) is 94.9 Å². The van der Waals surface area contributed by atoms with Crippen molar-refractivity contribution in [1.29, 1.82) is 0 Å². The van der Waals surface area contributed by atoms with Crippen molar-refractivity contribution in [2.45, 2.75) is 103 Å². The van der Waals surface area contributed by atoms with Crippen LogP contribution in [-0.2, 0) is 44.1 Å². The summed E-state index contributed by atoms with van der Waals surface area (Å²) in [6.45, 7) is 8.46. The Balaban J connectivity index is 0.000000254. The Kier molecular flexibility index (Phi) is 18.4. The molecule has 0 bridgehead atoms. The molecule has 2 amide bonds. The Morgan fingerprint density at radius 1 is 0.754 bits per heavy atom. The number of likely N-dealkylation sites (tertiary alicyclic amines) is 1. The number of aliphatic carboxylic acids is 1. The van der Waals surface area contributed by atoms with Gasteiger partial charge in [-0.2, -0.15) is 0 Å². The minimum Gasteiger partial charge on any atom is -0.480 e. The number of carboxylic acid groups (broad SMARTS) is 1. The molecular weight excluding hydrogens is 745 g/mol. The van der Waals surface area contributed by atoms with E-state index in [2.05, 4.69) is 22.8 Å². The molecule has 0 spiro atoms. The number of nitrogens with zero attached hydrogens (tertiary/aromatic N) is 1. The molecule has 0 unspecified atom stereocenters. The highest BCUT2D eigenvalue weighted by molar-refractivity contribution is 7.53. The molecule has 1 aliphatic heterocycles. The summed E-state index contributed by atoms with van der Waals surface area (Å²) in [4.78, 5) is 50.9. The summed E-state index contributed by atoms with van der Waals surface area (Å²) in [6, 6.07) is 27.8. The summed E-state index contributed by atoms with van der Waals surface area (Å²) in [5, 5.41) is 14.6. The zero-order chi connectivity index (χ0) is 41.2. The van der Waals surface area contributed by atoms with Gasteiger partial charge < -0.3 is 29.5 Å². The first-order chi connectivity index (χ1) is 27.4. The standard InChI is InChI=1S/C23H27NO3.C21H33N2O6P/c1-17(23(26)27-16-18-9-4-2-5-10-18)24-22(25)21-14-8-13-20(15-21)19-11-6-3-7-12-19;1-4-28-30(27,29-5-2)14-13-23-12-11-18(17-9-7-6-8-10-17)15-19(23)20(24)22-16(3)21(25)26/h2-7,9-12,17,20-21H,8,13-16H2,1H3,(H,24,25);6-10,16,18-19H,4-5,11-15H2,1-3H3,(H,22,24)(H,25,26)/t17-,20-,21+;16-,18-,19+/m00/s1. The van der Waals surface area contributed by atoms with Crippen molar-refractivity contribution in [3.63, 3.8) is 0 Å². The van der Waals surface area contributed by atoms with Crippen molar-refractivity contribution < 1.29 is 42.6 Å². The maximum Gasteiger partial charge on any atom is 0.331 e. The van der Waals surface area contributed by atoms with Crippen LogP contribution in [0.4, 0.5) is 0 Å². The fraction of sp³-hybridized carbons (Fsp3) is 0.500. The van der Waals surface area contributed by atoms with Crippen LogP contribution in [0.25, 0.3) is 0 Å². The third-order valence-corrected chi connectivity index (χ3v) is 12.6. The third kappa shape index (κ3) is 14.5. The second-order valence-electron chi connectivity index (χ2n) is 14.7. The lowest BCUT2D eigenvalue weighted by atomic mass is 9.77. The minimum atomic E-state index is -3.23. The summed E-state index contributed by atoms with van der Waals surface area (Å²) in [5.74, 6) is -1.29. The Labute approximate surface area is 337 Å². The zero-order valence-electron chi connectivity index (χ0n) is 33.7. The van der Waals surface area contributed by atoms with E-state index in [9.17, 15) is 23.7 Å². The monoisotopic (exact) mass is 805 g/mol. The van der Waals surface area contributed by atoms with Gasteiger partial charge in [0, 0.05) is 12.5 Å². The van der Waals surface area contributed by atoms with E-state index in [0.29, 0.717) is 25.4 Å². The number of carboxylic acids is 1. The van der Waals surface area contributed by atoms with E-state index in [1.807, 2.05) is 83.8 Å². The number of carbonyl (C=O) groups excluding carboxylic acids is 3. The lowest BCUT2D eigenvalue weighted by Crippen LogP contribution is -2.54. The number of esters is 1. The number of hydrogen-bond acceptors (Lipinski definition) is 9. The van der Waals surface area contributed by atoms with Gasteiger partial charge >= 0.3 is 19.5 Å². The number of amides is 2. The molecule has 1 aliphatic carbocycles. The van der Waals surface area contributed by atoms with Crippen molar-refractivity contribution in [3.05, 3.63) is 108 Å². The molecule has 1 saturated heterocycles. The second kappa shape index (κ2) is 23.2. The number of rotatable bonds is 17. The van der Waals surface area contributed by atoms with Gasteiger partial charge in [0.25, 0.3) is 0 Å². The summed E-state index contributed by atoms with van der Waals surface area (Å²) in [6.07, 6.45) is 5.46. The van der Waals surface area contributed by atoms with E-state index >= 15 is 0 Å². The topological polar surface area (TPSA) is 161 Å². The molecule has 3 N–H and O–H groups in total. The highest BCUT2D eigenvalue weighted by atomic mass is 31.2. The first kappa shape index (κ1) is 45.4. The van der Waals surface area contributed by atoms with Crippen LogP contribution in [0, 0.1) is 5.92 Å². The van der Waals surface area contributed by atoms with Gasteiger partial charge in [-0.1, -0.05) is 97.4 Å². The van der Waals surface area contributed by atoms with Crippen molar-refractivity contribution in [2.24, 2.45) is 5.92 Å². The van der Waals surface area contributed by atoms with Crippen LogP contribution in [0.15, 0.2) is 91.0 Å². The predicted octanol–water partition coefficient (Wildman–Crippen LogP) is 7.30. The van der Waals surface area contributed by atoms with E-state index in [0.717, 1.165) is 43.2 Å². The lowest BCUT2D eigenvalue weighted by molar-refractivity contribution is -0.149. The molecule has 57 heavy (non-hydrogen) atoms. The number of carbonyl (C=O) groups is 4. The minimum absolute atomic E-state index is 0.0419. The molecule has 3 aromatic carbocycles. The van der Waals surface area contributed by atoms with Gasteiger partial charge in [-0.25, -0.2) is 4.79 Å². The van der Waals surface area contributed by atoms with E-state index in [4.69, 9.17) is 18.9 Å². The molecule has 1 saturated carbocycles. The molecule has 0 radical (unpaired) electrons. The zero-order valence-corrected chi connectivity index (χ0v) is 34.6. The van der Waals surface area contributed by atoms with Crippen LogP contribution in [0.5, 0.6) is 0 Å². The number of hydrogen-bond donors (Lipinski definition) is 3. The van der Waals surface area contributed by atoms with Crippen LogP contribution in [0.3, 0.4) is 0 Å². The van der Waals surface area contributed by atoms with Crippen molar-refractivity contribution >= 4 is 31.3 Å². The van der Waals surface area contributed by atoms with Crippen LogP contribution in [-0.4, -0.2) is 84.4 Å². The normalized spacial score (nSPS) is 20.8. The largest absolute Gasteiger partial charge is 0.480 e. The number of benzene rings is 3. The van der Waals surface area contributed by atoms with E-state index < -0.39 is 37.7 Å². The van der Waals surface area contributed by atoms with E-state index in [1.165, 1.54) is 12.5 Å². The van der Waals surface area contributed by atoms with Crippen LogP contribution >= 0.6 is 7.60 Å². The van der Waals surface area contributed by atoms with Gasteiger partial charge in [-0.15, -0.1) is 0 Å². The highest BCUT2D eigenvalue weighted by Crippen LogP contribution is 2.48. The molecule has 0 aromatic heterocycles.